The second kappa shape index (κ2) is 4.13. The number of allylic oxidation sites excluding steroid dienone is 1. The van der Waals surface area contributed by atoms with Crippen LogP contribution in [0.25, 0.3) is 0 Å². The van der Waals surface area contributed by atoms with Crippen LogP contribution >= 0.6 is 0 Å². The number of hydrogen-bond donors (Lipinski definition) is 0. The number of carbonyl (C=O) groups is 2. The van der Waals surface area contributed by atoms with Crippen LogP contribution in [0.5, 0.6) is 0 Å². The molecule has 4 fully saturated rings. The van der Waals surface area contributed by atoms with Crippen molar-refractivity contribution in [1.29, 1.82) is 0 Å². The van der Waals surface area contributed by atoms with Crippen molar-refractivity contribution in [3.63, 3.8) is 0 Å². The van der Waals surface area contributed by atoms with Gasteiger partial charge in [0.2, 0.25) is 0 Å². The van der Waals surface area contributed by atoms with Gasteiger partial charge in [-0.25, -0.2) is 9.59 Å². The van der Waals surface area contributed by atoms with E-state index in [1.54, 1.807) is 0 Å². The third-order valence-corrected chi connectivity index (χ3v) is 7.29. The number of ether oxygens (including phenoxy) is 3. The van der Waals surface area contributed by atoms with Gasteiger partial charge in [0.25, 0.3) is 0 Å². The summed E-state index contributed by atoms with van der Waals surface area (Å²) < 4.78 is 16.6. The maximum atomic E-state index is 12.6. The molecule has 24 heavy (non-hydrogen) atoms. The number of hydrogen-bond acceptors (Lipinski definition) is 5. The Balaban J connectivity index is 1.79. The van der Waals surface area contributed by atoms with Gasteiger partial charge < -0.3 is 14.2 Å². The first-order valence-electron chi connectivity index (χ1n) is 8.73. The Hall–Kier alpha value is -1.62. The molecule has 0 aromatic rings. The summed E-state index contributed by atoms with van der Waals surface area (Å²) in [5, 5.41) is 0. The summed E-state index contributed by atoms with van der Waals surface area (Å²) in [5.41, 5.74) is 2.83. The summed E-state index contributed by atoms with van der Waals surface area (Å²) in [6.07, 6.45) is 3.48. The second-order valence-corrected chi connectivity index (χ2v) is 8.03. The lowest BCUT2D eigenvalue weighted by Gasteiger charge is -2.29. The molecule has 1 aliphatic heterocycles. The first kappa shape index (κ1) is 14.7. The minimum atomic E-state index is -0.414. The molecule has 5 rings (SSSR count). The van der Waals surface area contributed by atoms with Gasteiger partial charge in [0.15, 0.2) is 0 Å². The SMILES string of the molecule is COC(=O)C1=C(C(=O)OC)[C@@H]2C(=C(C)C)[C@H]1[C@@]13O[C@@]21[C@H]1CC[C@@H]3C1. The molecule has 5 heteroatoms. The fraction of sp³-hybridized carbons (Fsp3) is 0.684. The molecule has 4 aliphatic carbocycles. The molecule has 0 radical (unpaired) electrons. The molecule has 0 amide bonds. The molecule has 3 saturated carbocycles. The molecule has 0 aromatic carbocycles. The van der Waals surface area contributed by atoms with E-state index in [1.165, 1.54) is 25.4 Å². The number of fused-ring (bicyclic) bond motifs is 4. The minimum absolute atomic E-state index is 0.135. The van der Waals surface area contributed by atoms with E-state index in [4.69, 9.17) is 14.2 Å². The highest BCUT2D eigenvalue weighted by Gasteiger charge is 2.94. The highest BCUT2D eigenvalue weighted by molar-refractivity contribution is 6.05. The lowest BCUT2D eigenvalue weighted by atomic mass is 9.69. The molecular formula is C19H22O5. The average molecular weight is 330 g/mol. The zero-order chi connectivity index (χ0) is 17.0. The molecule has 128 valence electrons. The van der Waals surface area contributed by atoms with E-state index in [0.717, 1.165) is 19.3 Å². The third-order valence-electron chi connectivity index (χ3n) is 7.29. The molecule has 0 unspecified atom stereocenters. The van der Waals surface area contributed by atoms with Crippen LogP contribution in [-0.4, -0.2) is 37.4 Å². The van der Waals surface area contributed by atoms with Gasteiger partial charge >= 0.3 is 11.9 Å². The van der Waals surface area contributed by atoms with E-state index in [9.17, 15) is 9.59 Å². The summed E-state index contributed by atoms with van der Waals surface area (Å²) >= 11 is 0. The Morgan fingerprint density at radius 1 is 0.958 bits per heavy atom. The molecule has 5 aliphatic rings. The van der Waals surface area contributed by atoms with Gasteiger partial charge in [-0.05, 0) is 50.5 Å². The van der Waals surface area contributed by atoms with Crippen molar-refractivity contribution < 1.29 is 23.8 Å². The van der Waals surface area contributed by atoms with Gasteiger partial charge in [-0.15, -0.1) is 0 Å². The smallest absolute Gasteiger partial charge is 0.335 e. The van der Waals surface area contributed by atoms with E-state index < -0.39 is 11.9 Å². The van der Waals surface area contributed by atoms with Crippen LogP contribution in [0.4, 0.5) is 0 Å². The normalized spacial score (nSPS) is 46.1. The van der Waals surface area contributed by atoms with Gasteiger partial charge in [-0.3, -0.25) is 0 Å². The summed E-state index contributed by atoms with van der Waals surface area (Å²) in [4.78, 5) is 25.2. The molecular weight excluding hydrogens is 308 g/mol. The molecule has 6 atom stereocenters. The number of carbonyl (C=O) groups excluding carboxylic acids is 2. The van der Waals surface area contributed by atoms with Crippen molar-refractivity contribution in [2.45, 2.75) is 44.3 Å². The molecule has 0 aromatic heterocycles. The maximum Gasteiger partial charge on any atom is 0.335 e. The van der Waals surface area contributed by atoms with Crippen molar-refractivity contribution in [3.8, 4) is 0 Å². The van der Waals surface area contributed by atoms with Crippen LogP contribution < -0.4 is 0 Å². The maximum absolute atomic E-state index is 12.6. The first-order chi connectivity index (χ1) is 11.5. The monoisotopic (exact) mass is 330 g/mol. The largest absolute Gasteiger partial charge is 0.466 e. The molecule has 5 nitrogen and oxygen atoms in total. The van der Waals surface area contributed by atoms with Crippen LogP contribution in [-0.2, 0) is 23.8 Å². The van der Waals surface area contributed by atoms with Crippen LogP contribution in [0.3, 0.4) is 0 Å². The van der Waals surface area contributed by atoms with Crippen LogP contribution in [0.2, 0.25) is 0 Å². The fourth-order valence-electron chi connectivity index (χ4n) is 6.79. The molecule has 1 heterocycles. The summed E-state index contributed by atoms with van der Waals surface area (Å²) in [6, 6.07) is 0. The molecule has 0 spiro atoms. The van der Waals surface area contributed by atoms with E-state index in [2.05, 4.69) is 13.8 Å². The number of epoxide rings is 1. The second-order valence-electron chi connectivity index (χ2n) is 8.03. The number of esters is 2. The zero-order valence-corrected chi connectivity index (χ0v) is 14.5. The molecule has 0 N–H and O–H groups in total. The minimum Gasteiger partial charge on any atom is -0.466 e. The highest BCUT2D eigenvalue weighted by atomic mass is 16.6. The van der Waals surface area contributed by atoms with Crippen molar-refractivity contribution in [1.82, 2.24) is 0 Å². The highest BCUT2D eigenvalue weighted by Crippen LogP contribution is 2.86. The van der Waals surface area contributed by atoms with Gasteiger partial charge in [0.1, 0.15) is 11.2 Å². The topological polar surface area (TPSA) is 65.1 Å². The summed E-state index contributed by atoms with van der Waals surface area (Å²) in [6.45, 7) is 4.14. The van der Waals surface area contributed by atoms with Crippen molar-refractivity contribution in [3.05, 3.63) is 22.3 Å². The van der Waals surface area contributed by atoms with Crippen LogP contribution in [0.1, 0.15) is 33.1 Å². The van der Waals surface area contributed by atoms with Gasteiger partial charge in [0.05, 0.1) is 25.4 Å². The number of methoxy groups -OCH3 is 2. The summed E-state index contributed by atoms with van der Waals surface area (Å²) in [7, 11) is 2.75. The van der Waals surface area contributed by atoms with E-state index in [0.29, 0.717) is 23.0 Å². The summed E-state index contributed by atoms with van der Waals surface area (Å²) in [5.74, 6) is -0.115. The van der Waals surface area contributed by atoms with Gasteiger partial charge in [-0.2, -0.15) is 0 Å². The standard InChI is InChI=1S/C19H22O5/c1-8(2)11-14-12(16(20)22-3)13(17(21)23-4)15(11)19-10-6-5-9(7-10)18(14,19)24-19/h9-10,14-15H,5-7H2,1-4H3/t9-,10+,14-,15+,18-,19+. The number of rotatable bonds is 2. The van der Waals surface area contributed by atoms with Crippen LogP contribution in [0, 0.1) is 23.7 Å². The van der Waals surface area contributed by atoms with E-state index in [1.807, 2.05) is 0 Å². The molecule has 4 bridgehead atoms. The predicted octanol–water partition coefficient (Wildman–Crippen LogP) is 2.16. The average Bonchev–Trinajstić information content (AvgIpc) is 2.92. The lowest BCUT2D eigenvalue weighted by Crippen LogP contribution is -2.42. The van der Waals surface area contributed by atoms with Crippen LogP contribution in [0.15, 0.2) is 22.3 Å². The van der Waals surface area contributed by atoms with Crippen molar-refractivity contribution in [2.75, 3.05) is 14.2 Å². The Morgan fingerprint density at radius 2 is 1.42 bits per heavy atom. The van der Waals surface area contributed by atoms with E-state index >= 15 is 0 Å². The first-order valence-corrected chi connectivity index (χ1v) is 8.73. The van der Waals surface area contributed by atoms with Crippen molar-refractivity contribution in [2.24, 2.45) is 23.7 Å². The Kier molecular flexibility index (Phi) is 2.53. The zero-order valence-electron chi connectivity index (χ0n) is 14.5. The Bertz CT molecular complexity index is 704. The van der Waals surface area contributed by atoms with Gasteiger partial charge in [-0.1, -0.05) is 5.57 Å². The molecule has 1 saturated heterocycles. The Labute approximate surface area is 141 Å². The predicted molar refractivity (Wildman–Crippen MR) is 83.8 cm³/mol. The lowest BCUT2D eigenvalue weighted by molar-refractivity contribution is -0.140. The van der Waals surface area contributed by atoms with Crippen molar-refractivity contribution >= 4 is 11.9 Å². The van der Waals surface area contributed by atoms with Gasteiger partial charge in [0, 0.05) is 11.8 Å². The van der Waals surface area contributed by atoms with E-state index in [-0.39, 0.29) is 23.0 Å². The third kappa shape index (κ3) is 1.18. The Morgan fingerprint density at radius 3 is 1.79 bits per heavy atom. The fourth-order valence-corrected chi connectivity index (χ4v) is 6.79. The quantitative estimate of drug-likeness (QED) is 0.441.